The highest BCUT2D eigenvalue weighted by molar-refractivity contribution is 6.30. The van der Waals surface area contributed by atoms with Crippen LogP contribution in [-0.2, 0) is 29.7 Å². The van der Waals surface area contributed by atoms with Crippen LogP contribution in [0, 0.1) is 0 Å². The van der Waals surface area contributed by atoms with Crippen LogP contribution in [0.5, 0.6) is 0 Å². The Morgan fingerprint density at radius 3 is 2.90 bits per heavy atom. The number of carbonyl (C=O) groups is 1. The van der Waals surface area contributed by atoms with E-state index >= 15 is 0 Å². The van der Waals surface area contributed by atoms with Crippen LogP contribution in [0.15, 0.2) is 41.5 Å². The molecule has 0 radical (unpaired) electrons. The van der Waals surface area contributed by atoms with Gasteiger partial charge in [-0.1, -0.05) is 23.7 Å². The molecule has 2 aromatic rings. The Kier molecular flexibility index (Phi) is 7.17. The molecular formula is C21H28ClN5O2. The van der Waals surface area contributed by atoms with E-state index < -0.39 is 0 Å². The van der Waals surface area contributed by atoms with Gasteiger partial charge in [0, 0.05) is 51.9 Å². The monoisotopic (exact) mass is 417 g/mol. The molecule has 1 saturated heterocycles. The molecule has 0 bridgehead atoms. The van der Waals surface area contributed by atoms with Gasteiger partial charge >= 0.3 is 0 Å². The number of anilines is 1. The highest BCUT2D eigenvalue weighted by atomic mass is 35.5. The first-order valence-electron chi connectivity index (χ1n) is 9.70. The fraction of sp³-hybridized carbons (Fsp3) is 0.429. The van der Waals surface area contributed by atoms with Crippen LogP contribution in [0.3, 0.4) is 0 Å². The number of aliphatic imine (C=N–C) groups is 1. The number of nitrogens with one attached hydrogen (secondary N) is 2. The predicted molar refractivity (Wildman–Crippen MR) is 116 cm³/mol. The SMILES string of the molecule is CN=C(NCc1cccc(NC(=O)C2CCCO2)c1)N(C)Cc1cc(Cl)cn1C. The molecule has 1 atom stereocenters. The van der Waals surface area contributed by atoms with Crippen molar-refractivity contribution in [2.45, 2.75) is 32.0 Å². The number of amides is 1. The Labute approximate surface area is 176 Å². The third-order valence-electron chi connectivity index (χ3n) is 4.91. The van der Waals surface area contributed by atoms with Gasteiger partial charge in [-0.15, -0.1) is 0 Å². The van der Waals surface area contributed by atoms with Crippen LogP contribution >= 0.6 is 11.6 Å². The Bertz CT molecular complexity index is 874. The number of halogens is 1. The number of hydrogen-bond acceptors (Lipinski definition) is 3. The second kappa shape index (κ2) is 9.80. The van der Waals surface area contributed by atoms with E-state index in [1.54, 1.807) is 7.05 Å². The van der Waals surface area contributed by atoms with E-state index in [9.17, 15) is 4.79 Å². The lowest BCUT2D eigenvalue weighted by Crippen LogP contribution is -2.38. The predicted octanol–water partition coefficient (Wildman–Crippen LogP) is 3.00. The fourth-order valence-corrected chi connectivity index (χ4v) is 3.65. The van der Waals surface area contributed by atoms with E-state index in [2.05, 4.69) is 15.6 Å². The Morgan fingerprint density at radius 2 is 2.24 bits per heavy atom. The number of nitrogens with zero attached hydrogens (tertiary/aromatic N) is 3. The van der Waals surface area contributed by atoms with Crippen molar-refractivity contribution in [3.8, 4) is 0 Å². The first kappa shape index (κ1) is 21.2. The van der Waals surface area contributed by atoms with Gasteiger partial charge in [-0.2, -0.15) is 0 Å². The summed E-state index contributed by atoms with van der Waals surface area (Å²) in [5, 5.41) is 7.03. The van der Waals surface area contributed by atoms with Crippen LogP contribution in [0.4, 0.5) is 5.69 Å². The minimum atomic E-state index is -0.338. The molecule has 1 aromatic carbocycles. The topological polar surface area (TPSA) is 70.9 Å². The van der Waals surface area contributed by atoms with E-state index in [-0.39, 0.29) is 12.0 Å². The first-order chi connectivity index (χ1) is 14.0. The van der Waals surface area contributed by atoms with Gasteiger partial charge in [0.15, 0.2) is 5.96 Å². The molecule has 1 aromatic heterocycles. The van der Waals surface area contributed by atoms with Gasteiger partial charge in [0.2, 0.25) is 0 Å². The van der Waals surface area contributed by atoms with Crippen LogP contribution in [0.2, 0.25) is 5.02 Å². The molecule has 1 unspecified atom stereocenters. The summed E-state index contributed by atoms with van der Waals surface area (Å²) in [6.45, 7) is 1.93. The van der Waals surface area contributed by atoms with Crippen LogP contribution in [0.25, 0.3) is 0 Å². The average Bonchev–Trinajstić information content (AvgIpc) is 3.33. The number of carbonyl (C=O) groups excluding carboxylic acids is 1. The summed E-state index contributed by atoms with van der Waals surface area (Å²) in [7, 11) is 5.71. The van der Waals surface area contributed by atoms with Gasteiger partial charge in [-0.05, 0) is 36.6 Å². The maximum absolute atomic E-state index is 12.2. The lowest BCUT2D eigenvalue weighted by Gasteiger charge is -2.22. The average molecular weight is 418 g/mol. The molecule has 2 heterocycles. The van der Waals surface area contributed by atoms with E-state index in [0.29, 0.717) is 19.7 Å². The van der Waals surface area contributed by atoms with E-state index in [0.717, 1.165) is 40.8 Å². The molecular weight excluding hydrogens is 390 g/mol. The summed E-state index contributed by atoms with van der Waals surface area (Å²) in [6.07, 6.45) is 3.26. The first-order valence-corrected chi connectivity index (χ1v) is 10.1. The van der Waals surface area contributed by atoms with Crippen molar-refractivity contribution in [1.29, 1.82) is 0 Å². The van der Waals surface area contributed by atoms with Crippen LogP contribution in [-0.4, -0.2) is 48.1 Å². The highest BCUT2D eigenvalue weighted by Gasteiger charge is 2.23. The van der Waals surface area contributed by atoms with Gasteiger partial charge in [-0.3, -0.25) is 9.79 Å². The van der Waals surface area contributed by atoms with Gasteiger partial charge in [0.25, 0.3) is 5.91 Å². The molecule has 0 spiro atoms. The second-order valence-corrected chi connectivity index (χ2v) is 7.65. The quantitative estimate of drug-likeness (QED) is 0.560. The van der Waals surface area contributed by atoms with Crippen molar-refractivity contribution >= 4 is 29.2 Å². The second-order valence-electron chi connectivity index (χ2n) is 7.21. The van der Waals surface area contributed by atoms with Crippen LogP contribution < -0.4 is 10.6 Å². The molecule has 29 heavy (non-hydrogen) atoms. The summed E-state index contributed by atoms with van der Waals surface area (Å²) >= 11 is 6.07. The molecule has 1 fully saturated rings. The zero-order valence-electron chi connectivity index (χ0n) is 17.1. The zero-order valence-corrected chi connectivity index (χ0v) is 17.9. The molecule has 7 nitrogen and oxygen atoms in total. The largest absolute Gasteiger partial charge is 0.368 e. The van der Waals surface area contributed by atoms with Crippen molar-refractivity contribution in [2.75, 3.05) is 26.0 Å². The number of aryl methyl sites for hydroxylation is 1. The molecule has 1 aliphatic heterocycles. The summed E-state index contributed by atoms with van der Waals surface area (Å²) < 4.78 is 7.45. The number of benzene rings is 1. The van der Waals surface area contributed by atoms with Crippen LogP contribution in [0.1, 0.15) is 24.1 Å². The number of hydrogen-bond donors (Lipinski definition) is 2. The minimum absolute atomic E-state index is 0.0793. The lowest BCUT2D eigenvalue weighted by molar-refractivity contribution is -0.124. The number of aromatic nitrogens is 1. The molecule has 2 N–H and O–H groups in total. The molecule has 1 aliphatic rings. The summed E-state index contributed by atoms with van der Waals surface area (Å²) in [6, 6.07) is 9.74. The minimum Gasteiger partial charge on any atom is -0.368 e. The standard InChI is InChI=1S/C21H28ClN5O2/c1-23-21(27(3)14-18-11-16(22)13-26(18)2)24-12-15-6-4-7-17(10-15)25-20(28)19-8-5-9-29-19/h4,6-7,10-11,13,19H,5,8-9,12,14H2,1-3H3,(H,23,24)(H,25,28). The van der Waals surface area contributed by atoms with Crippen molar-refractivity contribution in [3.63, 3.8) is 0 Å². The van der Waals surface area contributed by atoms with Crippen molar-refractivity contribution in [2.24, 2.45) is 12.0 Å². The summed E-state index contributed by atoms with van der Waals surface area (Å²) in [5.74, 6) is 0.695. The summed E-state index contributed by atoms with van der Waals surface area (Å²) in [4.78, 5) is 18.6. The lowest BCUT2D eigenvalue weighted by atomic mass is 10.2. The number of guanidine groups is 1. The number of ether oxygens (including phenoxy) is 1. The molecule has 1 amide bonds. The zero-order chi connectivity index (χ0) is 20.8. The summed E-state index contributed by atoms with van der Waals surface area (Å²) in [5.41, 5.74) is 2.91. The third kappa shape index (κ3) is 5.74. The maximum Gasteiger partial charge on any atom is 0.253 e. The maximum atomic E-state index is 12.2. The molecule has 8 heteroatoms. The molecule has 0 aliphatic carbocycles. The highest BCUT2D eigenvalue weighted by Crippen LogP contribution is 2.17. The van der Waals surface area contributed by atoms with Crippen molar-refractivity contribution < 1.29 is 9.53 Å². The van der Waals surface area contributed by atoms with E-state index in [1.807, 2.05) is 60.1 Å². The van der Waals surface area contributed by atoms with Crippen molar-refractivity contribution in [1.82, 2.24) is 14.8 Å². The Balaban J connectivity index is 1.56. The van der Waals surface area contributed by atoms with Gasteiger partial charge in [-0.25, -0.2) is 0 Å². The van der Waals surface area contributed by atoms with Gasteiger partial charge in [0.05, 0.1) is 11.6 Å². The fourth-order valence-electron chi connectivity index (χ4n) is 3.37. The molecule has 156 valence electrons. The van der Waals surface area contributed by atoms with Gasteiger partial charge < -0.3 is 24.8 Å². The third-order valence-corrected chi connectivity index (χ3v) is 5.12. The normalized spacial score (nSPS) is 16.7. The van der Waals surface area contributed by atoms with E-state index in [1.165, 1.54) is 0 Å². The Morgan fingerprint density at radius 1 is 1.41 bits per heavy atom. The van der Waals surface area contributed by atoms with Gasteiger partial charge in [0.1, 0.15) is 6.10 Å². The Hall–Kier alpha value is -2.51. The smallest absolute Gasteiger partial charge is 0.253 e. The number of rotatable bonds is 6. The molecule has 3 rings (SSSR count). The van der Waals surface area contributed by atoms with E-state index in [4.69, 9.17) is 16.3 Å². The van der Waals surface area contributed by atoms with Crippen molar-refractivity contribution in [3.05, 3.63) is 52.8 Å². The molecule has 0 saturated carbocycles.